The van der Waals surface area contributed by atoms with E-state index in [9.17, 15) is 0 Å². The van der Waals surface area contributed by atoms with Gasteiger partial charge in [0.1, 0.15) is 0 Å². The molecule has 0 bridgehead atoms. The topological polar surface area (TPSA) is 34.1 Å². The van der Waals surface area contributed by atoms with E-state index in [4.69, 9.17) is 4.74 Å². The van der Waals surface area contributed by atoms with Crippen LogP contribution in [0.15, 0.2) is 36.7 Å². The summed E-state index contributed by atoms with van der Waals surface area (Å²) in [6.07, 6.45) is 4.98. The highest BCUT2D eigenvalue weighted by atomic mass is 16.5. The van der Waals surface area contributed by atoms with Gasteiger partial charge in [0.2, 0.25) is 0 Å². The molecule has 19 heavy (non-hydrogen) atoms. The molecular formula is C16H22N2O. The molecule has 1 aromatic heterocycles. The molecule has 1 unspecified atom stereocenters. The average molecular weight is 258 g/mol. The van der Waals surface area contributed by atoms with Gasteiger partial charge in [-0.3, -0.25) is 4.98 Å². The number of hydrogen-bond acceptors (Lipinski definition) is 3. The summed E-state index contributed by atoms with van der Waals surface area (Å²) in [6, 6.07) is 8.58. The second kappa shape index (κ2) is 7.22. The third-order valence-corrected chi connectivity index (χ3v) is 3.20. The molecule has 1 atom stereocenters. The average Bonchev–Trinajstić information content (AvgIpc) is 2.47. The lowest BCUT2D eigenvalue weighted by Crippen LogP contribution is -2.26. The lowest BCUT2D eigenvalue weighted by molar-refractivity contribution is 0.123. The fourth-order valence-corrected chi connectivity index (χ4v) is 2.23. The van der Waals surface area contributed by atoms with Crippen molar-refractivity contribution in [1.82, 2.24) is 10.3 Å². The van der Waals surface area contributed by atoms with E-state index in [1.807, 2.05) is 25.4 Å². The van der Waals surface area contributed by atoms with Crippen molar-refractivity contribution in [3.63, 3.8) is 0 Å². The van der Waals surface area contributed by atoms with Gasteiger partial charge >= 0.3 is 0 Å². The van der Waals surface area contributed by atoms with E-state index in [-0.39, 0.29) is 6.04 Å². The third-order valence-electron chi connectivity index (χ3n) is 3.20. The Morgan fingerprint density at radius 1 is 1.21 bits per heavy atom. The molecule has 0 radical (unpaired) electrons. The molecule has 0 aliphatic rings. The van der Waals surface area contributed by atoms with Crippen LogP contribution in [0.5, 0.6) is 0 Å². The minimum absolute atomic E-state index is 0.207. The first-order chi connectivity index (χ1) is 9.36. The first-order valence-electron chi connectivity index (χ1n) is 7.00. The molecule has 3 nitrogen and oxygen atoms in total. The number of ether oxygens (including phenoxy) is 1. The molecular weight excluding hydrogens is 236 g/mol. The summed E-state index contributed by atoms with van der Waals surface area (Å²) in [5.41, 5.74) is 1.22. The van der Waals surface area contributed by atoms with Crippen LogP contribution >= 0.6 is 0 Å². The smallest absolute Gasteiger partial charge is 0.0662 e. The van der Waals surface area contributed by atoms with Crippen LogP contribution in [-0.4, -0.2) is 24.7 Å². The van der Waals surface area contributed by atoms with Gasteiger partial charge in [0, 0.05) is 24.4 Å². The standard InChI is InChI=1S/C16H22N2O/c1-3-9-18-16(12-19-4-2)15-11-17-10-13-7-5-6-8-14(13)15/h5-8,10-11,16,18H,3-4,9,12H2,1-2H3. The van der Waals surface area contributed by atoms with Gasteiger partial charge in [-0.25, -0.2) is 0 Å². The Hall–Kier alpha value is -1.45. The number of nitrogens with zero attached hydrogens (tertiary/aromatic N) is 1. The van der Waals surface area contributed by atoms with Crippen LogP contribution in [0.4, 0.5) is 0 Å². The zero-order chi connectivity index (χ0) is 13.5. The largest absolute Gasteiger partial charge is 0.380 e. The number of benzene rings is 1. The van der Waals surface area contributed by atoms with Crippen LogP contribution in [0.25, 0.3) is 10.8 Å². The first kappa shape index (κ1) is 14.0. The van der Waals surface area contributed by atoms with Gasteiger partial charge in [0.05, 0.1) is 12.6 Å². The zero-order valence-electron chi connectivity index (χ0n) is 11.7. The van der Waals surface area contributed by atoms with Crippen molar-refractivity contribution in [2.24, 2.45) is 0 Å². The van der Waals surface area contributed by atoms with Crippen LogP contribution in [-0.2, 0) is 4.74 Å². The fourth-order valence-electron chi connectivity index (χ4n) is 2.23. The summed E-state index contributed by atoms with van der Waals surface area (Å²) in [4.78, 5) is 4.35. The van der Waals surface area contributed by atoms with Crippen molar-refractivity contribution >= 4 is 10.8 Å². The molecule has 0 spiro atoms. The lowest BCUT2D eigenvalue weighted by atomic mass is 10.0. The molecule has 1 heterocycles. The summed E-state index contributed by atoms with van der Waals surface area (Å²) in [6.45, 7) is 6.61. The van der Waals surface area contributed by atoms with Gasteiger partial charge in [0.15, 0.2) is 0 Å². The van der Waals surface area contributed by atoms with Gasteiger partial charge < -0.3 is 10.1 Å². The van der Waals surface area contributed by atoms with E-state index < -0.39 is 0 Å². The fraction of sp³-hybridized carbons (Fsp3) is 0.438. The first-order valence-corrected chi connectivity index (χ1v) is 7.00. The van der Waals surface area contributed by atoms with Crippen LogP contribution in [0.2, 0.25) is 0 Å². The SMILES string of the molecule is CCCNC(COCC)c1cncc2ccccc12. The summed E-state index contributed by atoms with van der Waals surface area (Å²) in [5, 5.41) is 5.98. The number of hydrogen-bond donors (Lipinski definition) is 1. The minimum atomic E-state index is 0.207. The van der Waals surface area contributed by atoms with Gasteiger partial charge in [0.25, 0.3) is 0 Å². The highest BCUT2D eigenvalue weighted by Gasteiger charge is 2.14. The Bertz CT molecular complexity index is 500. The maximum Gasteiger partial charge on any atom is 0.0662 e. The van der Waals surface area contributed by atoms with Gasteiger partial charge in [-0.15, -0.1) is 0 Å². The maximum absolute atomic E-state index is 5.61. The number of nitrogens with one attached hydrogen (secondary N) is 1. The summed E-state index contributed by atoms with van der Waals surface area (Å²) >= 11 is 0. The van der Waals surface area contributed by atoms with Gasteiger partial charge in [-0.05, 0) is 30.8 Å². The lowest BCUT2D eigenvalue weighted by Gasteiger charge is -2.20. The molecule has 0 amide bonds. The Kier molecular flexibility index (Phi) is 5.31. The van der Waals surface area contributed by atoms with Crippen molar-refractivity contribution in [2.45, 2.75) is 26.3 Å². The molecule has 2 rings (SSSR count). The molecule has 0 saturated carbocycles. The Morgan fingerprint density at radius 2 is 2.05 bits per heavy atom. The van der Waals surface area contributed by atoms with E-state index in [1.54, 1.807) is 0 Å². The predicted molar refractivity (Wildman–Crippen MR) is 79.3 cm³/mol. The predicted octanol–water partition coefficient (Wildman–Crippen LogP) is 3.31. The Morgan fingerprint density at radius 3 is 2.84 bits per heavy atom. The summed E-state index contributed by atoms with van der Waals surface area (Å²) in [5.74, 6) is 0. The molecule has 1 aromatic carbocycles. The van der Waals surface area contributed by atoms with E-state index in [1.165, 1.54) is 16.3 Å². The molecule has 0 saturated heterocycles. The molecule has 0 fully saturated rings. The van der Waals surface area contributed by atoms with E-state index in [0.717, 1.165) is 19.6 Å². The number of aromatic nitrogens is 1. The summed E-state index contributed by atoms with van der Waals surface area (Å²) in [7, 11) is 0. The quantitative estimate of drug-likeness (QED) is 0.827. The van der Waals surface area contributed by atoms with Crippen molar-refractivity contribution in [3.05, 3.63) is 42.2 Å². The number of pyridine rings is 1. The zero-order valence-corrected chi connectivity index (χ0v) is 11.7. The van der Waals surface area contributed by atoms with Gasteiger partial charge in [-0.2, -0.15) is 0 Å². The molecule has 3 heteroatoms. The summed E-state index contributed by atoms with van der Waals surface area (Å²) < 4.78 is 5.61. The molecule has 0 aliphatic heterocycles. The van der Waals surface area contributed by atoms with Crippen LogP contribution in [0.1, 0.15) is 31.9 Å². The molecule has 0 aliphatic carbocycles. The Labute approximate surface area is 115 Å². The molecule has 102 valence electrons. The van der Waals surface area contributed by atoms with E-state index >= 15 is 0 Å². The second-order valence-corrected chi connectivity index (χ2v) is 4.62. The maximum atomic E-state index is 5.61. The number of rotatable bonds is 7. The van der Waals surface area contributed by atoms with Crippen LogP contribution < -0.4 is 5.32 Å². The minimum Gasteiger partial charge on any atom is -0.380 e. The third kappa shape index (κ3) is 3.52. The van der Waals surface area contributed by atoms with Crippen LogP contribution in [0.3, 0.4) is 0 Å². The highest BCUT2D eigenvalue weighted by molar-refractivity contribution is 5.85. The van der Waals surface area contributed by atoms with Crippen molar-refractivity contribution in [2.75, 3.05) is 19.8 Å². The number of fused-ring (bicyclic) bond motifs is 1. The molecule has 2 aromatic rings. The molecule has 1 N–H and O–H groups in total. The van der Waals surface area contributed by atoms with Crippen molar-refractivity contribution < 1.29 is 4.74 Å². The van der Waals surface area contributed by atoms with Crippen molar-refractivity contribution in [1.29, 1.82) is 0 Å². The second-order valence-electron chi connectivity index (χ2n) is 4.62. The van der Waals surface area contributed by atoms with Crippen LogP contribution in [0, 0.1) is 0 Å². The van der Waals surface area contributed by atoms with E-state index in [0.29, 0.717) is 6.61 Å². The van der Waals surface area contributed by atoms with E-state index in [2.05, 4.69) is 35.4 Å². The Balaban J connectivity index is 2.31. The normalized spacial score (nSPS) is 12.7. The van der Waals surface area contributed by atoms with Crippen molar-refractivity contribution in [3.8, 4) is 0 Å². The monoisotopic (exact) mass is 258 g/mol. The highest BCUT2D eigenvalue weighted by Crippen LogP contribution is 2.23. The van der Waals surface area contributed by atoms with Gasteiger partial charge in [-0.1, -0.05) is 31.2 Å².